The second kappa shape index (κ2) is 12.4. The topological polar surface area (TPSA) is 64.0 Å². The molecule has 0 spiro atoms. The molecule has 0 saturated heterocycles. The van der Waals surface area contributed by atoms with E-state index in [2.05, 4.69) is 13.2 Å². The quantitative estimate of drug-likeness (QED) is 0.202. The molecule has 0 N–H and O–H groups in total. The van der Waals surface area contributed by atoms with Crippen molar-refractivity contribution in [2.75, 3.05) is 24.8 Å². The van der Waals surface area contributed by atoms with Crippen LogP contribution in [0.5, 0.6) is 11.5 Å². The Morgan fingerprint density at radius 3 is 2.45 bits per heavy atom. The maximum absolute atomic E-state index is 15.3. The van der Waals surface area contributed by atoms with Gasteiger partial charge in [-0.05, 0) is 41.6 Å². The second-order valence-electron chi connectivity index (χ2n) is 9.59. The molecule has 2 aromatic carbocycles. The normalized spacial score (nSPS) is 13.5. The summed E-state index contributed by atoms with van der Waals surface area (Å²) in [5.41, 5.74) is 1.50. The Kier molecular flexibility index (Phi) is 8.53. The Morgan fingerprint density at radius 1 is 0.976 bits per heavy atom. The van der Waals surface area contributed by atoms with Gasteiger partial charge in [-0.3, -0.25) is 19.3 Å². The number of fused-ring (bicyclic) bond motifs is 1. The van der Waals surface area contributed by atoms with Crippen LogP contribution in [-0.2, 0) is 6.61 Å². The van der Waals surface area contributed by atoms with Gasteiger partial charge in [0.25, 0.3) is 5.91 Å². The Morgan fingerprint density at radius 2 is 1.76 bits per heavy atom. The zero-order valence-electron chi connectivity index (χ0n) is 23.0. The summed E-state index contributed by atoms with van der Waals surface area (Å²) in [7, 11) is 0. The first kappa shape index (κ1) is 28.8. The molecule has 1 aliphatic rings. The zero-order valence-corrected chi connectivity index (χ0v) is 23.8. The van der Waals surface area contributed by atoms with Crippen molar-refractivity contribution in [2.45, 2.75) is 19.6 Å². The number of carbonyl (C=O) groups excluding carboxylic acids is 1. The third-order valence-electron chi connectivity index (χ3n) is 6.90. The van der Waals surface area contributed by atoms with E-state index in [-0.39, 0.29) is 43.6 Å². The minimum absolute atomic E-state index is 0.0144. The first-order valence-corrected chi connectivity index (χ1v) is 14.1. The number of hydrogen-bond donors (Lipinski definition) is 0. The fourth-order valence-corrected chi connectivity index (χ4v) is 5.70. The second-order valence-corrected chi connectivity index (χ2v) is 10.7. The molecule has 3 heterocycles. The van der Waals surface area contributed by atoms with Crippen LogP contribution in [0.25, 0.3) is 0 Å². The van der Waals surface area contributed by atoms with E-state index in [0.717, 1.165) is 22.1 Å². The predicted octanol–water partition coefficient (Wildman–Crippen LogP) is 5.97. The van der Waals surface area contributed by atoms with Crippen LogP contribution in [-0.4, -0.2) is 35.3 Å². The molecule has 1 aliphatic heterocycles. The van der Waals surface area contributed by atoms with Crippen LogP contribution in [0.4, 0.5) is 8.78 Å². The highest BCUT2D eigenvalue weighted by molar-refractivity contribution is 7.10. The summed E-state index contributed by atoms with van der Waals surface area (Å²) in [4.78, 5) is 29.4. The summed E-state index contributed by atoms with van der Waals surface area (Å²) < 4.78 is 43.0. The van der Waals surface area contributed by atoms with E-state index < -0.39 is 29.0 Å². The summed E-state index contributed by atoms with van der Waals surface area (Å²) >= 11 is 1.49. The average Bonchev–Trinajstić information content (AvgIpc) is 3.42. The molecule has 0 bridgehead atoms. The number of halogens is 2. The summed E-state index contributed by atoms with van der Waals surface area (Å²) in [5, 5.41) is 3.71. The Hall–Kier alpha value is -4.70. The SMILES string of the molecule is C=CCOc1c(C(c2ccsc2C)N2CN(CC=C)C(=O)c3c(OCc4ccccc4)c(=O)ccn32)ccc(F)c1F. The molecule has 1 atom stereocenters. The maximum atomic E-state index is 15.3. The Balaban J connectivity index is 1.72. The monoisotopic (exact) mass is 589 g/mol. The molecule has 0 fully saturated rings. The molecule has 0 saturated carbocycles. The van der Waals surface area contributed by atoms with Gasteiger partial charge in [0.2, 0.25) is 11.2 Å². The van der Waals surface area contributed by atoms with Crippen molar-refractivity contribution in [3.05, 3.63) is 141 Å². The van der Waals surface area contributed by atoms with E-state index in [9.17, 15) is 14.0 Å². The van der Waals surface area contributed by atoms with Crippen molar-refractivity contribution in [2.24, 2.45) is 0 Å². The first-order valence-electron chi connectivity index (χ1n) is 13.2. The van der Waals surface area contributed by atoms with E-state index in [1.165, 1.54) is 40.6 Å². The van der Waals surface area contributed by atoms with E-state index in [0.29, 0.717) is 5.56 Å². The van der Waals surface area contributed by atoms with Gasteiger partial charge in [0.15, 0.2) is 23.0 Å². The Labute approximate surface area is 246 Å². The van der Waals surface area contributed by atoms with Gasteiger partial charge in [0.1, 0.15) is 25.9 Å². The smallest absolute Gasteiger partial charge is 0.278 e. The fraction of sp³-hybridized carbons (Fsp3) is 0.188. The largest absolute Gasteiger partial charge is 0.486 e. The molecule has 10 heteroatoms. The van der Waals surface area contributed by atoms with Gasteiger partial charge in [0, 0.05) is 29.2 Å². The fourth-order valence-electron chi connectivity index (χ4n) is 4.97. The highest BCUT2D eigenvalue weighted by atomic mass is 32.1. The van der Waals surface area contributed by atoms with E-state index >= 15 is 4.39 Å². The van der Waals surface area contributed by atoms with Crippen molar-refractivity contribution in [1.29, 1.82) is 0 Å². The number of amides is 1. The lowest BCUT2D eigenvalue weighted by Crippen LogP contribution is -2.55. The van der Waals surface area contributed by atoms with Crippen LogP contribution in [0, 0.1) is 18.6 Å². The van der Waals surface area contributed by atoms with Crippen molar-refractivity contribution < 1.29 is 23.0 Å². The summed E-state index contributed by atoms with van der Waals surface area (Å²) in [6.45, 7) is 9.57. The predicted molar refractivity (Wildman–Crippen MR) is 159 cm³/mol. The van der Waals surface area contributed by atoms with Gasteiger partial charge in [-0.2, -0.15) is 4.39 Å². The van der Waals surface area contributed by atoms with Crippen molar-refractivity contribution in [3.8, 4) is 11.5 Å². The number of pyridine rings is 1. The number of nitrogens with zero attached hydrogens (tertiary/aromatic N) is 3. The molecule has 1 unspecified atom stereocenters. The van der Waals surface area contributed by atoms with Gasteiger partial charge in [0.05, 0.1) is 0 Å². The summed E-state index contributed by atoms with van der Waals surface area (Å²) in [6.07, 6.45) is 4.52. The maximum Gasteiger partial charge on any atom is 0.278 e. The van der Waals surface area contributed by atoms with Gasteiger partial charge < -0.3 is 14.4 Å². The molecule has 2 aromatic heterocycles. The minimum atomic E-state index is -1.13. The number of aromatic nitrogens is 1. The van der Waals surface area contributed by atoms with Gasteiger partial charge in [-0.1, -0.05) is 49.1 Å². The molecule has 42 heavy (non-hydrogen) atoms. The average molecular weight is 590 g/mol. The molecular weight excluding hydrogens is 560 g/mol. The first-order chi connectivity index (χ1) is 20.3. The van der Waals surface area contributed by atoms with E-state index in [1.54, 1.807) is 15.8 Å². The molecule has 0 aliphatic carbocycles. The summed E-state index contributed by atoms with van der Waals surface area (Å²) in [5.74, 6) is -2.99. The van der Waals surface area contributed by atoms with E-state index in [4.69, 9.17) is 9.47 Å². The number of rotatable bonds is 11. The third-order valence-corrected chi connectivity index (χ3v) is 7.77. The summed E-state index contributed by atoms with van der Waals surface area (Å²) in [6, 6.07) is 14.3. The highest BCUT2D eigenvalue weighted by Gasteiger charge is 2.39. The molecule has 5 rings (SSSR count). The molecular formula is C32H29F2N3O4S. The Bertz CT molecular complexity index is 1690. The van der Waals surface area contributed by atoms with Crippen LogP contribution in [0.15, 0.2) is 96.3 Å². The van der Waals surface area contributed by atoms with Crippen molar-refractivity contribution >= 4 is 17.2 Å². The molecule has 216 valence electrons. The lowest BCUT2D eigenvalue weighted by atomic mass is 9.97. The van der Waals surface area contributed by atoms with Crippen LogP contribution >= 0.6 is 11.3 Å². The van der Waals surface area contributed by atoms with Gasteiger partial charge in [-0.25, -0.2) is 4.39 Å². The number of ether oxygens (including phenoxy) is 2. The van der Waals surface area contributed by atoms with Crippen LogP contribution < -0.4 is 19.9 Å². The highest BCUT2D eigenvalue weighted by Crippen LogP contribution is 2.40. The van der Waals surface area contributed by atoms with Crippen LogP contribution in [0.3, 0.4) is 0 Å². The van der Waals surface area contributed by atoms with Crippen LogP contribution in [0.2, 0.25) is 0 Å². The van der Waals surface area contributed by atoms with E-state index in [1.807, 2.05) is 48.7 Å². The minimum Gasteiger partial charge on any atom is -0.486 e. The van der Waals surface area contributed by atoms with Crippen molar-refractivity contribution in [3.63, 3.8) is 0 Å². The van der Waals surface area contributed by atoms with Crippen LogP contribution in [0.1, 0.15) is 38.1 Å². The zero-order chi connectivity index (χ0) is 29.8. The molecule has 7 nitrogen and oxygen atoms in total. The molecule has 4 aromatic rings. The molecule has 1 amide bonds. The number of benzene rings is 2. The number of aryl methyl sites for hydroxylation is 1. The number of carbonyl (C=O) groups is 1. The standard InChI is InChI=1S/C32H29F2N3O4S/c1-4-15-35-20-37(36-16-13-26(38)31(29(36)32(35)39)41-19-22-9-7-6-8-10-22)28(23-14-18-42-21(23)3)24-11-12-25(33)27(34)30(24)40-17-5-2/h4-14,16,18,28H,1-2,15,17,19-20H2,3H3. The third kappa shape index (κ3) is 5.45. The lowest BCUT2D eigenvalue weighted by Gasteiger charge is -2.44. The number of thiophene rings is 1. The molecule has 0 radical (unpaired) electrons. The van der Waals surface area contributed by atoms with Gasteiger partial charge in [-0.15, -0.1) is 17.9 Å². The van der Waals surface area contributed by atoms with Gasteiger partial charge >= 0.3 is 0 Å². The van der Waals surface area contributed by atoms with Crippen molar-refractivity contribution in [1.82, 2.24) is 9.58 Å². The lowest BCUT2D eigenvalue weighted by molar-refractivity contribution is 0.0698. The number of hydrogen-bond acceptors (Lipinski definition) is 6.